The maximum absolute atomic E-state index is 12.4. The van der Waals surface area contributed by atoms with Gasteiger partial charge in [-0.05, 0) is 34.2 Å². The molecule has 1 amide bonds. The topological polar surface area (TPSA) is 40.5 Å². The van der Waals surface area contributed by atoms with Gasteiger partial charge in [-0.25, -0.2) is 0 Å². The number of thiophene rings is 1. The molecular weight excluding hydrogens is 318 g/mol. The highest BCUT2D eigenvalue weighted by Gasteiger charge is 2.31. The van der Waals surface area contributed by atoms with E-state index in [4.69, 9.17) is 0 Å². The van der Waals surface area contributed by atoms with E-state index in [2.05, 4.69) is 30.3 Å². The molecule has 1 fully saturated rings. The summed E-state index contributed by atoms with van der Waals surface area (Å²) in [5.74, 6) is 0.105. The lowest BCUT2D eigenvalue weighted by Gasteiger charge is -2.36. The van der Waals surface area contributed by atoms with E-state index in [0.717, 1.165) is 17.5 Å². The summed E-state index contributed by atoms with van der Waals surface area (Å²) in [5, 5.41) is 16.8. The first-order chi connectivity index (χ1) is 11.7. The summed E-state index contributed by atoms with van der Waals surface area (Å²) in [6.45, 7) is 1.08. The summed E-state index contributed by atoms with van der Waals surface area (Å²) in [7, 11) is 0. The van der Waals surface area contributed by atoms with E-state index < -0.39 is 6.10 Å². The number of carbonyl (C=O) groups excluding carboxylic acids is 1. The summed E-state index contributed by atoms with van der Waals surface area (Å²) in [5.41, 5.74) is 1.88. The summed E-state index contributed by atoms with van der Waals surface area (Å²) in [6, 6.07) is 16.5. The molecule has 1 N–H and O–H groups in total. The molecule has 0 spiro atoms. The molecular formula is C20H19NO2S. The van der Waals surface area contributed by atoms with E-state index in [0.29, 0.717) is 13.1 Å². The van der Waals surface area contributed by atoms with Crippen LogP contribution in [0.5, 0.6) is 0 Å². The maximum Gasteiger partial charge on any atom is 0.254 e. The highest BCUT2D eigenvalue weighted by atomic mass is 32.1. The first-order valence-corrected chi connectivity index (χ1v) is 9.15. The fourth-order valence-corrected chi connectivity index (χ4v) is 4.14. The Hall–Kier alpha value is -2.17. The zero-order chi connectivity index (χ0) is 16.5. The summed E-state index contributed by atoms with van der Waals surface area (Å²) in [4.78, 5) is 14.2. The minimum Gasteiger partial charge on any atom is -0.391 e. The molecule has 0 radical (unpaired) electrons. The lowest BCUT2D eigenvalue weighted by atomic mass is 9.86. The Bertz CT molecular complexity index is 859. The van der Waals surface area contributed by atoms with Gasteiger partial charge in [0.1, 0.15) is 0 Å². The number of piperidine rings is 1. The molecule has 0 aliphatic carbocycles. The molecule has 0 bridgehead atoms. The molecule has 1 saturated heterocycles. The Morgan fingerprint density at radius 2 is 1.96 bits per heavy atom. The minimum atomic E-state index is -0.525. The highest BCUT2D eigenvalue weighted by molar-refractivity contribution is 7.08. The van der Waals surface area contributed by atoms with E-state index in [9.17, 15) is 9.90 Å². The Kier molecular flexibility index (Phi) is 4.08. The predicted molar refractivity (Wildman–Crippen MR) is 97.5 cm³/mol. The molecule has 3 nitrogen and oxygen atoms in total. The van der Waals surface area contributed by atoms with Gasteiger partial charge in [0.25, 0.3) is 5.91 Å². The number of fused-ring (bicyclic) bond motifs is 1. The Balaban J connectivity index is 1.53. The maximum atomic E-state index is 12.4. The Labute approximate surface area is 145 Å². The second-order valence-corrected chi connectivity index (χ2v) is 7.11. The van der Waals surface area contributed by atoms with Crippen molar-refractivity contribution in [3.8, 4) is 0 Å². The van der Waals surface area contributed by atoms with Crippen molar-refractivity contribution in [2.45, 2.75) is 18.4 Å². The molecule has 24 heavy (non-hydrogen) atoms. The van der Waals surface area contributed by atoms with Crippen molar-refractivity contribution in [2.24, 2.45) is 0 Å². The largest absolute Gasteiger partial charge is 0.391 e. The fraction of sp³-hybridized carbons (Fsp3) is 0.250. The van der Waals surface area contributed by atoms with Crippen molar-refractivity contribution in [1.82, 2.24) is 4.90 Å². The molecule has 0 unspecified atom stereocenters. The molecule has 2 heterocycles. The predicted octanol–water partition coefficient (Wildman–Crippen LogP) is 3.89. The van der Waals surface area contributed by atoms with Gasteiger partial charge in [0.15, 0.2) is 0 Å². The third-order valence-corrected chi connectivity index (χ3v) is 5.52. The Morgan fingerprint density at radius 1 is 1.12 bits per heavy atom. The second-order valence-electron chi connectivity index (χ2n) is 6.33. The number of aliphatic hydroxyl groups is 1. The van der Waals surface area contributed by atoms with Crippen molar-refractivity contribution < 1.29 is 9.90 Å². The van der Waals surface area contributed by atoms with Crippen LogP contribution in [-0.4, -0.2) is 35.1 Å². The normalized spacial score (nSPS) is 21.1. The average Bonchev–Trinajstić information content (AvgIpc) is 3.15. The van der Waals surface area contributed by atoms with Crippen LogP contribution in [0.1, 0.15) is 28.3 Å². The van der Waals surface area contributed by atoms with Crippen molar-refractivity contribution >= 4 is 28.0 Å². The lowest BCUT2D eigenvalue weighted by molar-refractivity contribution is 0.0382. The summed E-state index contributed by atoms with van der Waals surface area (Å²) >= 11 is 1.52. The third kappa shape index (κ3) is 2.83. The van der Waals surface area contributed by atoms with E-state index in [1.165, 1.54) is 22.1 Å². The van der Waals surface area contributed by atoms with Gasteiger partial charge in [0.05, 0.1) is 11.7 Å². The van der Waals surface area contributed by atoms with E-state index in [1.54, 1.807) is 4.90 Å². The van der Waals surface area contributed by atoms with Gasteiger partial charge in [-0.1, -0.05) is 42.5 Å². The van der Waals surface area contributed by atoms with Gasteiger partial charge >= 0.3 is 0 Å². The van der Waals surface area contributed by atoms with Crippen molar-refractivity contribution in [2.75, 3.05) is 13.1 Å². The van der Waals surface area contributed by atoms with Gasteiger partial charge in [0, 0.05) is 24.4 Å². The van der Waals surface area contributed by atoms with Crippen LogP contribution in [0.2, 0.25) is 0 Å². The van der Waals surface area contributed by atoms with Crippen molar-refractivity contribution in [3.05, 3.63) is 70.4 Å². The van der Waals surface area contributed by atoms with Crippen molar-refractivity contribution in [1.29, 1.82) is 0 Å². The van der Waals surface area contributed by atoms with Crippen molar-refractivity contribution in [3.63, 3.8) is 0 Å². The van der Waals surface area contributed by atoms with Gasteiger partial charge in [-0.15, -0.1) is 0 Å². The van der Waals surface area contributed by atoms with Crippen LogP contribution >= 0.6 is 11.3 Å². The molecule has 3 aromatic rings. The standard InChI is InChI=1S/C20H19NO2S/c22-19-12-21(20(23)17-8-10-24-13-17)9-7-18(19)16-6-5-14-3-1-2-4-15(14)11-16/h1-6,8,10-11,13,18-19,22H,7,9,12H2/t18-,19+/m0/s1. The number of β-amino-alcohol motifs (C(OH)–C–C–N with tert-alkyl or cyclic N) is 1. The Morgan fingerprint density at radius 3 is 2.71 bits per heavy atom. The molecule has 0 saturated carbocycles. The number of likely N-dealkylation sites (tertiary alicyclic amines) is 1. The number of aliphatic hydroxyl groups excluding tert-OH is 1. The first-order valence-electron chi connectivity index (χ1n) is 8.20. The highest BCUT2D eigenvalue weighted by Crippen LogP contribution is 2.31. The fourth-order valence-electron chi connectivity index (χ4n) is 3.51. The molecule has 122 valence electrons. The number of rotatable bonds is 2. The molecule has 4 heteroatoms. The molecule has 4 rings (SSSR count). The van der Waals surface area contributed by atoms with Crippen LogP contribution < -0.4 is 0 Å². The lowest BCUT2D eigenvalue weighted by Crippen LogP contribution is -2.45. The SMILES string of the molecule is O=C(c1ccsc1)N1CC[C@@H](c2ccc3ccccc3c2)[C@H](O)C1. The smallest absolute Gasteiger partial charge is 0.254 e. The monoisotopic (exact) mass is 337 g/mol. The van der Waals surface area contributed by atoms with Crippen LogP contribution in [0.25, 0.3) is 10.8 Å². The minimum absolute atomic E-state index is 0.0206. The second kappa shape index (κ2) is 6.38. The van der Waals surface area contributed by atoms with E-state index in [1.807, 2.05) is 29.0 Å². The van der Waals surface area contributed by atoms with Gasteiger partial charge in [0.2, 0.25) is 0 Å². The van der Waals surface area contributed by atoms with Crippen LogP contribution in [0.3, 0.4) is 0 Å². The summed E-state index contributed by atoms with van der Waals surface area (Å²) < 4.78 is 0. The third-order valence-electron chi connectivity index (χ3n) is 4.84. The molecule has 2 aromatic carbocycles. The van der Waals surface area contributed by atoms with E-state index >= 15 is 0 Å². The number of amides is 1. The molecule has 1 aliphatic heterocycles. The van der Waals surface area contributed by atoms with Crippen LogP contribution in [0.4, 0.5) is 0 Å². The van der Waals surface area contributed by atoms with Crippen LogP contribution in [-0.2, 0) is 0 Å². The number of hydrogen-bond donors (Lipinski definition) is 1. The number of hydrogen-bond acceptors (Lipinski definition) is 3. The number of benzene rings is 2. The number of carbonyl (C=O) groups is 1. The quantitative estimate of drug-likeness (QED) is 0.771. The summed E-state index contributed by atoms with van der Waals surface area (Å²) in [6.07, 6.45) is 0.262. The van der Waals surface area contributed by atoms with Gasteiger partial charge in [-0.3, -0.25) is 4.79 Å². The first kappa shape index (κ1) is 15.4. The number of nitrogens with zero attached hydrogens (tertiary/aromatic N) is 1. The molecule has 2 atom stereocenters. The van der Waals surface area contributed by atoms with Gasteiger partial charge in [-0.2, -0.15) is 11.3 Å². The zero-order valence-corrected chi connectivity index (χ0v) is 14.1. The van der Waals surface area contributed by atoms with Gasteiger partial charge < -0.3 is 10.0 Å². The molecule has 1 aliphatic rings. The van der Waals surface area contributed by atoms with E-state index in [-0.39, 0.29) is 11.8 Å². The molecule has 1 aromatic heterocycles. The van der Waals surface area contributed by atoms with Crippen LogP contribution in [0.15, 0.2) is 59.3 Å². The zero-order valence-electron chi connectivity index (χ0n) is 13.3. The average molecular weight is 337 g/mol. The van der Waals surface area contributed by atoms with Crippen LogP contribution in [0, 0.1) is 0 Å².